The quantitative estimate of drug-likeness (QED) is 0.673. The highest BCUT2D eigenvalue weighted by Gasteiger charge is 2.12. The minimum atomic E-state index is -0.0592. The van der Waals surface area contributed by atoms with Gasteiger partial charge in [-0.25, -0.2) is 0 Å². The van der Waals surface area contributed by atoms with Crippen LogP contribution < -0.4 is 5.73 Å². The van der Waals surface area contributed by atoms with Gasteiger partial charge in [0.1, 0.15) is 0 Å². The fourth-order valence-corrected chi connectivity index (χ4v) is 2.52. The van der Waals surface area contributed by atoms with E-state index in [0.29, 0.717) is 20.5 Å². The molecule has 0 aliphatic heterocycles. The molecule has 0 atom stereocenters. The molecule has 0 saturated carbocycles. The third-order valence-corrected chi connectivity index (χ3v) is 4.01. The maximum absolute atomic E-state index is 12.0. The van der Waals surface area contributed by atoms with Gasteiger partial charge in [-0.2, -0.15) is 0 Å². The number of hydrogen-bond donors (Lipinski definition) is 1. The Morgan fingerprint density at radius 3 is 2.62 bits per heavy atom. The molecule has 5 heteroatoms. The molecule has 0 spiro atoms. The molecule has 0 bridgehead atoms. The van der Waals surface area contributed by atoms with Crippen molar-refractivity contribution < 1.29 is 4.79 Å². The lowest BCUT2D eigenvalue weighted by atomic mass is 10.1. The fourth-order valence-electron chi connectivity index (χ4n) is 1.26. The topological polar surface area (TPSA) is 43.1 Å². The van der Waals surface area contributed by atoms with Crippen LogP contribution in [0.1, 0.15) is 15.2 Å². The summed E-state index contributed by atoms with van der Waals surface area (Å²) in [6.07, 6.45) is 0. The van der Waals surface area contributed by atoms with Gasteiger partial charge in [0.15, 0.2) is 0 Å². The summed E-state index contributed by atoms with van der Waals surface area (Å²) in [6.45, 7) is 0. The molecule has 2 N–H and O–H groups in total. The van der Waals surface area contributed by atoms with Gasteiger partial charge in [-0.1, -0.05) is 11.6 Å². The number of halogens is 2. The van der Waals surface area contributed by atoms with E-state index in [1.54, 1.807) is 30.3 Å². The summed E-state index contributed by atoms with van der Waals surface area (Å²) in [6, 6.07) is 8.57. The molecule has 0 aliphatic rings. The average molecular weight is 317 g/mol. The van der Waals surface area contributed by atoms with E-state index < -0.39 is 0 Å². The number of thiophene rings is 1. The molecule has 16 heavy (non-hydrogen) atoms. The van der Waals surface area contributed by atoms with Crippen molar-refractivity contribution in [2.45, 2.75) is 0 Å². The second-order valence-corrected chi connectivity index (χ2v) is 5.74. The maximum atomic E-state index is 12.0. The predicted molar refractivity (Wildman–Crippen MR) is 71.3 cm³/mol. The van der Waals surface area contributed by atoms with Crippen LogP contribution in [-0.4, -0.2) is 5.78 Å². The van der Waals surface area contributed by atoms with Gasteiger partial charge in [-0.05, 0) is 46.3 Å². The third kappa shape index (κ3) is 2.29. The van der Waals surface area contributed by atoms with Crippen molar-refractivity contribution in [3.05, 3.63) is 49.6 Å². The van der Waals surface area contributed by atoms with Crippen molar-refractivity contribution in [2.24, 2.45) is 0 Å². The number of carbonyl (C=O) groups is 1. The zero-order chi connectivity index (χ0) is 11.7. The minimum absolute atomic E-state index is 0.0592. The summed E-state index contributed by atoms with van der Waals surface area (Å²) < 4.78 is 1.39. The summed E-state index contributed by atoms with van der Waals surface area (Å²) in [7, 11) is 0. The highest BCUT2D eigenvalue weighted by Crippen LogP contribution is 2.26. The van der Waals surface area contributed by atoms with Gasteiger partial charge < -0.3 is 5.73 Å². The molecule has 0 aliphatic carbocycles. The van der Waals surface area contributed by atoms with E-state index in [2.05, 4.69) is 15.9 Å². The first-order chi connectivity index (χ1) is 7.58. The van der Waals surface area contributed by atoms with Gasteiger partial charge in [-0.3, -0.25) is 4.79 Å². The van der Waals surface area contributed by atoms with Crippen LogP contribution in [0.15, 0.2) is 34.8 Å². The molecule has 82 valence electrons. The van der Waals surface area contributed by atoms with E-state index >= 15 is 0 Å². The predicted octanol–water partition coefficient (Wildman–Crippen LogP) is 3.98. The van der Waals surface area contributed by atoms with E-state index in [1.807, 2.05) is 0 Å². The Labute approximate surface area is 110 Å². The van der Waals surface area contributed by atoms with Gasteiger partial charge >= 0.3 is 0 Å². The Hall–Kier alpha value is -0.840. The van der Waals surface area contributed by atoms with Crippen LogP contribution in [-0.2, 0) is 0 Å². The van der Waals surface area contributed by atoms with Crippen molar-refractivity contribution in [2.75, 3.05) is 5.73 Å². The molecule has 0 unspecified atom stereocenters. The molecule has 0 amide bonds. The first kappa shape index (κ1) is 11.6. The van der Waals surface area contributed by atoms with E-state index in [1.165, 1.54) is 11.3 Å². The van der Waals surface area contributed by atoms with Crippen LogP contribution in [0.4, 0.5) is 5.69 Å². The van der Waals surface area contributed by atoms with Crippen LogP contribution in [0.5, 0.6) is 0 Å². The van der Waals surface area contributed by atoms with E-state index in [0.717, 1.165) is 4.47 Å². The summed E-state index contributed by atoms with van der Waals surface area (Å²) in [5, 5.41) is 0. The van der Waals surface area contributed by atoms with Gasteiger partial charge in [0.25, 0.3) is 0 Å². The number of rotatable bonds is 2. The molecule has 2 nitrogen and oxygen atoms in total. The first-order valence-electron chi connectivity index (χ1n) is 4.43. The molecule has 0 radical (unpaired) electrons. The molecule has 0 saturated heterocycles. The normalized spacial score (nSPS) is 10.4. The lowest BCUT2D eigenvalue weighted by Crippen LogP contribution is -1.99. The largest absolute Gasteiger partial charge is 0.398 e. The van der Waals surface area contributed by atoms with Crippen molar-refractivity contribution in [3.63, 3.8) is 0 Å². The van der Waals surface area contributed by atoms with Gasteiger partial charge in [0.05, 0.1) is 9.21 Å². The maximum Gasteiger partial charge on any atom is 0.203 e. The van der Waals surface area contributed by atoms with Crippen LogP contribution in [0.3, 0.4) is 0 Å². The molecule has 1 heterocycles. The number of hydrogen-bond acceptors (Lipinski definition) is 3. The van der Waals surface area contributed by atoms with Crippen molar-refractivity contribution in [1.82, 2.24) is 0 Å². The second kappa shape index (κ2) is 4.57. The summed E-state index contributed by atoms with van der Waals surface area (Å²) in [5.74, 6) is -0.0592. The van der Waals surface area contributed by atoms with E-state index in [-0.39, 0.29) is 5.78 Å². The minimum Gasteiger partial charge on any atom is -0.398 e. The highest BCUT2D eigenvalue weighted by molar-refractivity contribution is 9.10. The smallest absolute Gasteiger partial charge is 0.203 e. The Morgan fingerprint density at radius 2 is 2.06 bits per heavy atom. The van der Waals surface area contributed by atoms with Gasteiger partial charge in [0, 0.05) is 15.7 Å². The van der Waals surface area contributed by atoms with E-state index in [9.17, 15) is 4.79 Å². The van der Waals surface area contributed by atoms with Crippen molar-refractivity contribution in [1.29, 1.82) is 0 Å². The first-order valence-corrected chi connectivity index (χ1v) is 6.42. The molecular weight excluding hydrogens is 310 g/mol. The Kier molecular flexibility index (Phi) is 3.33. The summed E-state index contributed by atoms with van der Waals surface area (Å²) in [5.41, 5.74) is 6.84. The number of ketones is 1. The van der Waals surface area contributed by atoms with Crippen LogP contribution in [0, 0.1) is 0 Å². The number of anilines is 1. The summed E-state index contributed by atoms with van der Waals surface area (Å²) >= 11 is 10.3. The van der Waals surface area contributed by atoms with Crippen LogP contribution >= 0.6 is 38.9 Å². The third-order valence-electron chi connectivity index (χ3n) is 2.06. The lowest BCUT2D eigenvalue weighted by molar-refractivity contribution is 0.104. The summed E-state index contributed by atoms with van der Waals surface area (Å²) in [4.78, 5) is 12.6. The van der Waals surface area contributed by atoms with Crippen molar-refractivity contribution in [3.8, 4) is 0 Å². The Balaban J connectivity index is 2.38. The standard InChI is InChI=1S/C11H7BrClNOS/c12-7-2-1-6(5-8(7)14)11(15)9-3-4-10(13)16-9/h1-5H,14H2. The zero-order valence-corrected chi connectivity index (χ0v) is 11.2. The highest BCUT2D eigenvalue weighted by atomic mass is 79.9. The van der Waals surface area contributed by atoms with Crippen LogP contribution in [0.25, 0.3) is 0 Å². The van der Waals surface area contributed by atoms with Crippen LogP contribution in [0.2, 0.25) is 4.34 Å². The molecule has 1 aromatic heterocycles. The average Bonchev–Trinajstić information content (AvgIpc) is 2.68. The molecule has 1 aromatic carbocycles. The monoisotopic (exact) mass is 315 g/mol. The SMILES string of the molecule is Nc1cc(C(=O)c2ccc(Cl)s2)ccc1Br. The zero-order valence-electron chi connectivity index (χ0n) is 8.04. The van der Waals surface area contributed by atoms with Crippen molar-refractivity contribution >= 4 is 50.3 Å². The number of nitrogen functional groups attached to an aromatic ring is 1. The Morgan fingerprint density at radius 1 is 1.31 bits per heavy atom. The molecule has 2 rings (SSSR count). The van der Waals surface area contributed by atoms with Gasteiger partial charge in [-0.15, -0.1) is 11.3 Å². The fraction of sp³-hybridized carbons (Fsp3) is 0. The second-order valence-electron chi connectivity index (χ2n) is 3.17. The van der Waals surface area contributed by atoms with Gasteiger partial charge in [0.2, 0.25) is 5.78 Å². The number of nitrogens with two attached hydrogens (primary N) is 1. The molecule has 2 aromatic rings. The lowest BCUT2D eigenvalue weighted by Gasteiger charge is -2.01. The molecular formula is C11H7BrClNOS. The Bertz CT molecular complexity index is 553. The number of carbonyl (C=O) groups excluding carboxylic acids is 1. The van der Waals surface area contributed by atoms with E-state index in [4.69, 9.17) is 17.3 Å². The molecule has 0 fully saturated rings. The number of benzene rings is 1.